The van der Waals surface area contributed by atoms with Crippen LogP contribution in [0.15, 0.2) is 78.9 Å². The van der Waals surface area contributed by atoms with Crippen molar-refractivity contribution in [1.29, 1.82) is 0 Å². The Morgan fingerprint density at radius 2 is 1.44 bits per heavy atom. The Hall–Kier alpha value is -3.64. The molecular formula is C30H24F3NO2. The molecule has 2 unspecified atom stereocenters. The zero-order chi connectivity index (χ0) is 25.0. The molecule has 1 saturated carbocycles. The van der Waals surface area contributed by atoms with Gasteiger partial charge in [0.2, 0.25) is 0 Å². The van der Waals surface area contributed by atoms with E-state index in [0.717, 1.165) is 52.7 Å². The normalized spacial score (nSPS) is 21.2. The molecule has 1 heterocycles. The minimum absolute atomic E-state index is 0.172. The molecule has 2 fully saturated rings. The van der Waals surface area contributed by atoms with Gasteiger partial charge in [-0.05, 0) is 106 Å². The van der Waals surface area contributed by atoms with Gasteiger partial charge in [-0.1, -0.05) is 48.5 Å². The molecule has 1 saturated heterocycles. The number of hydrogen-bond acceptors (Lipinski definition) is 2. The third-order valence-electron chi connectivity index (χ3n) is 7.79. The topological polar surface area (TPSA) is 49.3 Å². The average Bonchev–Trinajstić information content (AvgIpc) is 2.88. The fraction of sp³-hybridized carbons (Fsp3) is 0.233. The van der Waals surface area contributed by atoms with Crippen molar-refractivity contribution < 1.29 is 23.1 Å². The van der Waals surface area contributed by atoms with Crippen LogP contribution in [0.4, 0.5) is 13.2 Å². The lowest BCUT2D eigenvalue weighted by molar-refractivity contribution is -0.137. The number of benzene rings is 4. The lowest BCUT2D eigenvalue weighted by Crippen LogP contribution is -2.51. The highest BCUT2D eigenvalue weighted by molar-refractivity contribution is 6.04. The summed E-state index contributed by atoms with van der Waals surface area (Å²) in [5.74, 6) is 0.946. The molecule has 0 aromatic heterocycles. The number of halogens is 3. The minimum atomic E-state index is -4.39. The Morgan fingerprint density at radius 1 is 0.806 bits per heavy atom. The summed E-state index contributed by atoms with van der Waals surface area (Å²) in [7, 11) is 0. The molecule has 2 N–H and O–H groups in total. The highest BCUT2D eigenvalue weighted by Gasteiger charge is 2.44. The number of aromatic carboxylic acids is 1. The van der Waals surface area contributed by atoms with Crippen molar-refractivity contribution >= 4 is 16.7 Å². The van der Waals surface area contributed by atoms with Crippen LogP contribution in [0.1, 0.15) is 33.8 Å². The first-order valence-corrected chi connectivity index (χ1v) is 12.1. The number of carbonyl (C=O) groups is 1. The summed E-state index contributed by atoms with van der Waals surface area (Å²) in [6.45, 7) is 2.13. The molecule has 6 heteroatoms. The molecule has 0 amide bonds. The first kappa shape index (κ1) is 22.8. The molecule has 182 valence electrons. The van der Waals surface area contributed by atoms with Gasteiger partial charge in [0, 0.05) is 0 Å². The predicted octanol–water partition coefficient (Wildman–Crippen LogP) is 7.21. The van der Waals surface area contributed by atoms with Crippen molar-refractivity contribution in [2.45, 2.75) is 18.5 Å². The van der Waals surface area contributed by atoms with Crippen LogP contribution < -0.4 is 5.32 Å². The highest BCUT2D eigenvalue weighted by Crippen LogP contribution is 2.49. The molecule has 2 bridgehead atoms. The Labute approximate surface area is 206 Å². The summed E-state index contributed by atoms with van der Waals surface area (Å²) in [5.41, 5.74) is 3.94. The Morgan fingerprint density at radius 3 is 2.06 bits per heavy atom. The third-order valence-corrected chi connectivity index (χ3v) is 7.79. The summed E-state index contributed by atoms with van der Waals surface area (Å²) in [6, 6.07) is 22.4. The van der Waals surface area contributed by atoms with E-state index >= 15 is 0 Å². The first-order valence-electron chi connectivity index (χ1n) is 12.1. The molecular weight excluding hydrogens is 463 g/mol. The Balaban J connectivity index is 1.38. The number of rotatable bonds is 4. The first-order chi connectivity index (χ1) is 17.3. The number of carboxylic acid groups (broad SMARTS) is 1. The van der Waals surface area contributed by atoms with Gasteiger partial charge < -0.3 is 10.4 Å². The van der Waals surface area contributed by atoms with E-state index < -0.39 is 17.7 Å². The Bertz CT molecular complexity index is 1450. The predicted molar refractivity (Wildman–Crippen MR) is 134 cm³/mol. The van der Waals surface area contributed by atoms with Crippen LogP contribution in [0.3, 0.4) is 0 Å². The Kier molecular flexibility index (Phi) is 5.38. The van der Waals surface area contributed by atoms with Crippen LogP contribution >= 0.6 is 0 Å². The lowest BCUT2D eigenvalue weighted by atomic mass is 9.59. The molecule has 4 aromatic carbocycles. The number of nitrogens with one attached hydrogen (secondary N) is 1. The molecule has 0 radical (unpaired) electrons. The van der Waals surface area contributed by atoms with Crippen LogP contribution in [-0.4, -0.2) is 24.2 Å². The second kappa shape index (κ2) is 8.49. The molecule has 0 spiro atoms. The van der Waals surface area contributed by atoms with Gasteiger partial charge in [-0.25, -0.2) is 4.79 Å². The van der Waals surface area contributed by atoms with Crippen molar-refractivity contribution in [2.75, 3.05) is 13.1 Å². The van der Waals surface area contributed by atoms with Gasteiger partial charge >= 0.3 is 12.1 Å². The maximum absolute atomic E-state index is 12.9. The summed E-state index contributed by atoms with van der Waals surface area (Å²) in [5, 5.41) is 14.8. The summed E-state index contributed by atoms with van der Waals surface area (Å²) < 4.78 is 38.8. The molecule has 6 rings (SSSR count). The van der Waals surface area contributed by atoms with E-state index in [2.05, 4.69) is 29.6 Å². The minimum Gasteiger partial charge on any atom is -0.478 e. The average molecular weight is 488 g/mol. The maximum Gasteiger partial charge on any atom is 0.416 e. The second-order valence-corrected chi connectivity index (χ2v) is 9.90. The quantitative estimate of drug-likeness (QED) is 0.320. The molecule has 2 atom stereocenters. The summed E-state index contributed by atoms with van der Waals surface area (Å²) in [4.78, 5) is 11.9. The van der Waals surface area contributed by atoms with Crippen molar-refractivity contribution in [2.24, 2.45) is 11.8 Å². The smallest absolute Gasteiger partial charge is 0.416 e. The molecule has 4 aromatic rings. The van der Waals surface area contributed by atoms with Gasteiger partial charge in [0.15, 0.2) is 0 Å². The SMILES string of the molecule is O=C(O)c1cc(-c2ccc(C3C4CNCC3C4)cc2)c2ccc(-c3ccc(C(F)(F)F)cc3)cc2c1. The van der Waals surface area contributed by atoms with Crippen LogP contribution in [0, 0.1) is 11.8 Å². The summed E-state index contributed by atoms with van der Waals surface area (Å²) >= 11 is 0. The second-order valence-electron chi connectivity index (χ2n) is 9.90. The largest absolute Gasteiger partial charge is 0.478 e. The maximum atomic E-state index is 12.9. The van der Waals surface area contributed by atoms with Crippen molar-refractivity contribution in [1.82, 2.24) is 5.32 Å². The van der Waals surface area contributed by atoms with E-state index in [0.29, 0.717) is 23.3 Å². The van der Waals surface area contributed by atoms with Gasteiger partial charge in [-0.15, -0.1) is 0 Å². The van der Waals surface area contributed by atoms with E-state index in [1.807, 2.05) is 18.2 Å². The number of alkyl halides is 3. The van der Waals surface area contributed by atoms with Gasteiger partial charge in [0.1, 0.15) is 0 Å². The van der Waals surface area contributed by atoms with Gasteiger partial charge in [0.25, 0.3) is 0 Å². The van der Waals surface area contributed by atoms with Gasteiger partial charge in [-0.2, -0.15) is 13.2 Å². The number of hydrogen-bond donors (Lipinski definition) is 2. The number of piperidine rings is 2. The van der Waals surface area contributed by atoms with E-state index in [9.17, 15) is 23.1 Å². The van der Waals surface area contributed by atoms with Crippen LogP contribution in [0.25, 0.3) is 33.0 Å². The van der Waals surface area contributed by atoms with E-state index in [1.54, 1.807) is 12.1 Å². The molecule has 3 nitrogen and oxygen atoms in total. The van der Waals surface area contributed by atoms with Crippen LogP contribution in [0.5, 0.6) is 0 Å². The van der Waals surface area contributed by atoms with Crippen LogP contribution in [-0.2, 0) is 6.18 Å². The lowest BCUT2D eigenvalue weighted by Gasteiger charge is -2.50. The highest BCUT2D eigenvalue weighted by atomic mass is 19.4. The standard InChI is InChI=1S/C30H24F3NO2/c31-30(32,33)25-8-5-17(6-9-25)20-7-10-26-21(11-20)12-22(29(35)36)14-27(26)18-1-3-19(4-2-18)28-23-13-24(28)16-34-15-23/h1-12,14,23-24,28,34H,13,15-16H2,(H,35,36). The van der Waals surface area contributed by atoms with Crippen molar-refractivity contribution in [3.05, 3.63) is 95.6 Å². The zero-order valence-electron chi connectivity index (χ0n) is 19.3. The molecule has 2 aliphatic rings. The zero-order valence-corrected chi connectivity index (χ0v) is 19.3. The van der Waals surface area contributed by atoms with Gasteiger partial charge in [-0.3, -0.25) is 0 Å². The van der Waals surface area contributed by atoms with E-state index in [-0.39, 0.29) is 5.56 Å². The van der Waals surface area contributed by atoms with E-state index in [4.69, 9.17) is 0 Å². The van der Waals surface area contributed by atoms with Crippen molar-refractivity contribution in [3.8, 4) is 22.3 Å². The van der Waals surface area contributed by atoms with Gasteiger partial charge in [0.05, 0.1) is 11.1 Å². The third kappa shape index (κ3) is 3.95. The van der Waals surface area contributed by atoms with Crippen molar-refractivity contribution in [3.63, 3.8) is 0 Å². The molecule has 1 aliphatic heterocycles. The number of fused-ring (bicyclic) bond motifs is 3. The fourth-order valence-corrected chi connectivity index (χ4v) is 5.94. The number of carboxylic acids is 1. The van der Waals surface area contributed by atoms with E-state index in [1.165, 1.54) is 24.1 Å². The fourth-order valence-electron chi connectivity index (χ4n) is 5.94. The molecule has 36 heavy (non-hydrogen) atoms. The monoisotopic (exact) mass is 487 g/mol. The van der Waals surface area contributed by atoms with Crippen LogP contribution in [0.2, 0.25) is 0 Å². The molecule has 1 aliphatic carbocycles. The summed E-state index contributed by atoms with van der Waals surface area (Å²) in [6.07, 6.45) is -3.11.